The van der Waals surface area contributed by atoms with Gasteiger partial charge in [0.15, 0.2) is 0 Å². The Bertz CT molecular complexity index is 457. The van der Waals surface area contributed by atoms with Gasteiger partial charge in [-0.05, 0) is 30.9 Å². The van der Waals surface area contributed by atoms with E-state index in [0.717, 1.165) is 5.56 Å². The van der Waals surface area contributed by atoms with Crippen LogP contribution in [0.1, 0.15) is 31.7 Å². The summed E-state index contributed by atoms with van der Waals surface area (Å²) in [6, 6.07) is 5.48. The van der Waals surface area contributed by atoms with Crippen molar-refractivity contribution in [3.05, 3.63) is 23.8 Å². The second-order valence-electron chi connectivity index (χ2n) is 4.94. The molecule has 5 nitrogen and oxygen atoms in total. The van der Waals surface area contributed by atoms with E-state index < -0.39 is 11.5 Å². The predicted molar refractivity (Wildman–Crippen MR) is 72.8 cm³/mol. The van der Waals surface area contributed by atoms with Gasteiger partial charge in [0.25, 0.3) is 0 Å². The Morgan fingerprint density at radius 2 is 2.05 bits per heavy atom. The van der Waals surface area contributed by atoms with Crippen molar-refractivity contribution in [3.8, 4) is 11.5 Å². The molecule has 0 aromatic heterocycles. The molecule has 0 aliphatic rings. The maximum absolute atomic E-state index is 11.1. The highest BCUT2D eigenvalue weighted by Crippen LogP contribution is 2.34. The van der Waals surface area contributed by atoms with E-state index in [1.807, 2.05) is 19.1 Å². The maximum Gasteiger partial charge on any atom is 0.323 e. The minimum atomic E-state index is -1.26. The van der Waals surface area contributed by atoms with E-state index >= 15 is 0 Å². The van der Waals surface area contributed by atoms with E-state index in [-0.39, 0.29) is 5.92 Å². The molecule has 2 atom stereocenters. The zero-order valence-electron chi connectivity index (χ0n) is 11.8. The molecule has 0 saturated heterocycles. The third-order valence-corrected chi connectivity index (χ3v) is 3.19. The molecule has 5 heteroatoms. The normalized spacial score (nSPS) is 15.4. The summed E-state index contributed by atoms with van der Waals surface area (Å²) >= 11 is 0. The number of rotatable bonds is 6. The van der Waals surface area contributed by atoms with E-state index in [4.69, 9.17) is 20.3 Å². The highest BCUT2D eigenvalue weighted by Gasteiger charge is 2.31. The van der Waals surface area contributed by atoms with Crippen molar-refractivity contribution in [2.75, 3.05) is 14.2 Å². The van der Waals surface area contributed by atoms with Crippen LogP contribution < -0.4 is 15.2 Å². The molecule has 0 aliphatic carbocycles. The van der Waals surface area contributed by atoms with Crippen molar-refractivity contribution >= 4 is 5.97 Å². The zero-order valence-corrected chi connectivity index (χ0v) is 11.8. The van der Waals surface area contributed by atoms with Crippen molar-refractivity contribution in [2.24, 2.45) is 5.73 Å². The fourth-order valence-electron chi connectivity index (χ4n) is 2.06. The Morgan fingerprint density at radius 1 is 1.42 bits per heavy atom. The standard InChI is InChI=1S/C14H21NO4/c1-9(8-14(2,15)13(16)17)11-6-5-10(18-3)7-12(11)19-4/h5-7,9H,8,15H2,1-4H3,(H,16,17). The first kappa shape index (κ1) is 15.3. The van der Waals surface area contributed by atoms with Crippen LogP contribution in [0.5, 0.6) is 11.5 Å². The van der Waals surface area contributed by atoms with Gasteiger partial charge in [-0.1, -0.05) is 13.0 Å². The number of ether oxygens (including phenoxy) is 2. The third kappa shape index (κ3) is 3.61. The van der Waals surface area contributed by atoms with Gasteiger partial charge in [-0.3, -0.25) is 4.79 Å². The van der Waals surface area contributed by atoms with Gasteiger partial charge in [-0.2, -0.15) is 0 Å². The first-order valence-electron chi connectivity index (χ1n) is 6.06. The van der Waals surface area contributed by atoms with E-state index in [9.17, 15) is 4.79 Å². The van der Waals surface area contributed by atoms with Crippen molar-refractivity contribution in [1.29, 1.82) is 0 Å². The van der Waals surface area contributed by atoms with Crippen molar-refractivity contribution in [3.63, 3.8) is 0 Å². The van der Waals surface area contributed by atoms with E-state index in [0.29, 0.717) is 17.9 Å². The summed E-state index contributed by atoms with van der Waals surface area (Å²) in [7, 11) is 3.16. The topological polar surface area (TPSA) is 81.8 Å². The number of methoxy groups -OCH3 is 2. The molecular formula is C14H21NO4. The summed E-state index contributed by atoms with van der Waals surface area (Å²) in [5.74, 6) is 0.327. The molecule has 0 saturated carbocycles. The van der Waals surface area contributed by atoms with Crippen LogP contribution in [0.15, 0.2) is 18.2 Å². The van der Waals surface area contributed by atoms with Gasteiger partial charge >= 0.3 is 5.97 Å². The predicted octanol–water partition coefficient (Wildman–Crippen LogP) is 2.00. The maximum atomic E-state index is 11.1. The van der Waals surface area contributed by atoms with Crippen molar-refractivity contribution < 1.29 is 19.4 Å². The number of carboxylic acid groups (broad SMARTS) is 1. The summed E-state index contributed by atoms with van der Waals surface area (Å²) in [6.45, 7) is 3.44. The van der Waals surface area contributed by atoms with Crippen LogP contribution in [-0.2, 0) is 4.79 Å². The fourth-order valence-corrected chi connectivity index (χ4v) is 2.06. The first-order valence-corrected chi connectivity index (χ1v) is 6.06. The molecule has 1 aromatic rings. The van der Waals surface area contributed by atoms with Gasteiger partial charge in [0.1, 0.15) is 17.0 Å². The van der Waals surface area contributed by atoms with Gasteiger partial charge in [-0.15, -0.1) is 0 Å². The van der Waals surface area contributed by atoms with E-state index in [2.05, 4.69) is 0 Å². The number of aliphatic carboxylic acids is 1. The van der Waals surface area contributed by atoms with Gasteiger partial charge in [0, 0.05) is 6.07 Å². The highest BCUT2D eigenvalue weighted by atomic mass is 16.5. The molecule has 1 aromatic carbocycles. The van der Waals surface area contributed by atoms with Gasteiger partial charge in [0.05, 0.1) is 14.2 Å². The smallest absolute Gasteiger partial charge is 0.323 e. The van der Waals surface area contributed by atoms with Gasteiger partial charge in [-0.25, -0.2) is 0 Å². The summed E-state index contributed by atoms with van der Waals surface area (Å²) in [4.78, 5) is 11.1. The van der Waals surface area contributed by atoms with Crippen LogP contribution in [0.3, 0.4) is 0 Å². The first-order chi connectivity index (χ1) is 8.81. The summed E-state index contributed by atoms with van der Waals surface area (Å²) < 4.78 is 10.4. The lowest BCUT2D eigenvalue weighted by Crippen LogP contribution is -2.45. The Morgan fingerprint density at radius 3 is 2.53 bits per heavy atom. The largest absolute Gasteiger partial charge is 0.497 e. The lowest BCUT2D eigenvalue weighted by molar-refractivity contribution is -0.143. The van der Waals surface area contributed by atoms with Crippen LogP contribution in [-0.4, -0.2) is 30.8 Å². The quantitative estimate of drug-likeness (QED) is 0.823. The number of carboxylic acids is 1. The third-order valence-electron chi connectivity index (χ3n) is 3.19. The Balaban J connectivity index is 2.99. The Hall–Kier alpha value is -1.75. The van der Waals surface area contributed by atoms with Crippen molar-refractivity contribution in [1.82, 2.24) is 0 Å². The molecule has 0 amide bonds. The molecule has 0 radical (unpaired) electrons. The van der Waals surface area contributed by atoms with Crippen molar-refractivity contribution in [2.45, 2.75) is 31.7 Å². The van der Waals surface area contributed by atoms with Crippen LogP contribution in [0.2, 0.25) is 0 Å². The number of hydrogen-bond donors (Lipinski definition) is 2. The van der Waals surface area contributed by atoms with Crippen LogP contribution >= 0.6 is 0 Å². The second-order valence-corrected chi connectivity index (χ2v) is 4.94. The summed E-state index contributed by atoms with van der Waals surface area (Å²) in [6.07, 6.45) is 0.324. The molecule has 19 heavy (non-hydrogen) atoms. The molecular weight excluding hydrogens is 246 g/mol. The molecule has 106 valence electrons. The van der Waals surface area contributed by atoms with Crippen LogP contribution in [0.4, 0.5) is 0 Å². The molecule has 0 aliphatic heterocycles. The molecule has 2 unspecified atom stereocenters. The van der Waals surface area contributed by atoms with Crippen LogP contribution in [0.25, 0.3) is 0 Å². The van der Waals surface area contributed by atoms with E-state index in [1.54, 1.807) is 20.3 Å². The Labute approximate surface area is 113 Å². The van der Waals surface area contributed by atoms with Crippen LogP contribution in [0, 0.1) is 0 Å². The molecule has 3 N–H and O–H groups in total. The average Bonchev–Trinajstić information content (AvgIpc) is 2.37. The lowest BCUT2D eigenvalue weighted by Gasteiger charge is -2.24. The monoisotopic (exact) mass is 267 g/mol. The molecule has 1 rings (SSSR count). The van der Waals surface area contributed by atoms with Gasteiger partial charge < -0.3 is 20.3 Å². The molecule has 0 bridgehead atoms. The average molecular weight is 267 g/mol. The molecule has 0 fully saturated rings. The zero-order chi connectivity index (χ0) is 14.6. The number of carbonyl (C=O) groups is 1. The Kier molecular flexibility index (Phi) is 4.78. The van der Waals surface area contributed by atoms with E-state index in [1.165, 1.54) is 6.92 Å². The SMILES string of the molecule is COc1ccc(C(C)CC(C)(N)C(=O)O)c(OC)c1. The highest BCUT2D eigenvalue weighted by molar-refractivity contribution is 5.78. The minimum Gasteiger partial charge on any atom is -0.497 e. The number of hydrogen-bond acceptors (Lipinski definition) is 4. The minimum absolute atomic E-state index is 0.0352. The summed E-state index contributed by atoms with van der Waals surface area (Å²) in [5.41, 5.74) is 5.44. The lowest BCUT2D eigenvalue weighted by atomic mass is 9.86. The second kappa shape index (κ2) is 5.93. The molecule has 0 spiro atoms. The fraction of sp³-hybridized carbons (Fsp3) is 0.500. The van der Waals surface area contributed by atoms with Gasteiger partial charge in [0.2, 0.25) is 0 Å². The summed E-state index contributed by atoms with van der Waals surface area (Å²) in [5, 5.41) is 9.07. The molecule has 0 heterocycles. The number of benzene rings is 1. The number of nitrogens with two attached hydrogens (primary N) is 1.